The molecule has 7 rings (SSSR count). The largest absolute Gasteiger partial charge is 0.452 e. The summed E-state index contributed by atoms with van der Waals surface area (Å²) < 4.78 is 31.3. The monoisotopic (exact) mass is 734 g/mol. The fourth-order valence-electron chi connectivity index (χ4n) is 6.70. The highest BCUT2D eigenvalue weighted by Crippen LogP contribution is 2.41. The van der Waals surface area contributed by atoms with Gasteiger partial charge in [-0.1, -0.05) is 146 Å². The van der Waals surface area contributed by atoms with Crippen LogP contribution in [0.5, 0.6) is 0 Å². The van der Waals surface area contributed by atoms with Gasteiger partial charge in [0.15, 0.2) is 24.6 Å². The predicted molar refractivity (Wildman–Crippen MR) is 203 cm³/mol. The van der Waals surface area contributed by atoms with E-state index in [0.29, 0.717) is 0 Å². The van der Waals surface area contributed by atoms with Crippen LogP contribution in [0.4, 0.5) is 0 Å². The molecular weight excluding hydrogens is 696 g/mol. The quantitative estimate of drug-likeness (QED) is 0.0781. The first-order chi connectivity index (χ1) is 26.9. The molecule has 1 N–H and O–H groups in total. The van der Waals surface area contributed by atoms with Crippen molar-refractivity contribution >= 4 is 17.9 Å². The topological polar surface area (TPSA) is 118 Å². The second-order valence-electron chi connectivity index (χ2n) is 12.9. The molecule has 9 heteroatoms. The van der Waals surface area contributed by atoms with E-state index in [1.165, 1.54) is 0 Å². The van der Waals surface area contributed by atoms with Gasteiger partial charge in [0.05, 0.1) is 23.3 Å². The first-order valence-corrected chi connectivity index (χ1v) is 17.9. The molecule has 6 aromatic carbocycles. The van der Waals surface area contributed by atoms with Crippen molar-refractivity contribution in [2.24, 2.45) is 0 Å². The summed E-state index contributed by atoms with van der Waals surface area (Å²) in [6, 6.07) is 53.5. The number of aliphatic hydroxyl groups is 1. The molecule has 0 aliphatic carbocycles. The SMILES string of the molecule is O=C(O[C@@H]1[C@H](OC(=O)c2ccccc2)[C@H](COC(c2ccccc2)(c2ccccc2)c2ccccc2)O[C@H](O)[C@H]1OC(=O)c1ccccc1)c1ccccc1. The van der Waals surface area contributed by atoms with Crippen molar-refractivity contribution in [2.45, 2.75) is 36.3 Å². The second kappa shape index (κ2) is 17.2. The number of ether oxygens (including phenoxy) is 5. The van der Waals surface area contributed by atoms with E-state index < -0.39 is 54.2 Å². The molecule has 9 nitrogen and oxygen atoms in total. The molecule has 1 aliphatic rings. The van der Waals surface area contributed by atoms with Gasteiger partial charge in [0.1, 0.15) is 11.7 Å². The number of hydrogen-bond acceptors (Lipinski definition) is 9. The molecule has 1 heterocycles. The Kier molecular flexibility index (Phi) is 11.5. The number of aliphatic hydroxyl groups excluding tert-OH is 1. The van der Waals surface area contributed by atoms with Crippen molar-refractivity contribution in [3.8, 4) is 0 Å². The molecule has 0 radical (unpaired) electrons. The Hall–Kier alpha value is -6.39. The second-order valence-corrected chi connectivity index (χ2v) is 12.9. The number of benzene rings is 6. The van der Waals surface area contributed by atoms with E-state index in [1.54, 1.807) is 91.0 Å². The van der Waals surface area contributed by atoms with Crippen molar-refractivity contribution in [3.05, 3.63) is 215 Å². The Morgan fingerprint density at radius 3 is 1.13 bits per heavy atom. The highest BCUT2D eigenvalue weighted by atomic mass is 16.7. The van der Waals surface area contributed by atoms with Crippen LogP contribution in [-0.2, 0) is 29.3 Å². The van der Waals surface area contributed by atoms with Crippen molar-refractivity contribution in [2.75, 3.05) is 6.61 Å². The van der Waals surface area contributed by atoms with E-state index in [1.807, 2.05) is 91.0 Å². The average Bonchev–Trinajstić information content (AvgIpc) is 3.25. The summed E-state index contributed by atoms with van der Waals surface area (Å²) in [5.41, 5.74) is 1.75. The molecule has 0 saturated carbocycles. The molecule has 276 valence electrons. The van der Waals surface area contributed by atoms with Gasteiger partial charge in [0, 0.05) is 0 Å². The Labute approximate surface area is 318 Å². The highest BCUT2D eigenvalue weighted by molar-refractivity contribution is 5.91. The Balaban J connectivity index is 1.31. The van der Waals surface area contributed by atoms with Gasteiger partial charge < -0.3 is 28.8 Å². The van der Waals surface area contributed by atoms with E-state index in [2.05, 4.69) is 0 Å². The van der Waals surface area contributed by atoms with Gasteiger partial charge in [-0.05, 0) is 53.1 Å². The lowest BCUT2D eigenvalue weighted by atomic mass is 9.80. The molecule has 0 aromatic heterocycles. The van der Waals surface area contributed by atoms with Gasteiger partial charge in [-0.15, -0.1) is 0 Å². The third-order valence-corrected chi connectivity index (χ3v) is 9.37. The number of esters is 3. The normalized spacial score (nSPS) is 19.5. The minimum absolute atomic E-state index is 0.185. The van der Waals surface area contributed by atoms with E-state index in [0.717, 1.165) is 16.7 Å². The van der Waals surface area contributed by atoms with Crippen LogP contribution >= 0.6 is 0 Å². The maximum absolute atomic E-state index is 13.8. The van der Waals surface area contributed by atoms with Crippen LogP contribution in [0.1, 0.15) is 47.8 Å². The molecular formula is C46H38O9. The number of carbonyl (C=O) groups is 3. The number of carbonyl (C=O) groups excluding carboxylic acids is 3. The van der Waals surface area contributed by atoms with Crippen LogP contribution in [-0.4, -0.2) is 60.3 Å². The average molecular weight is 735 g/mol. The Morgan fingerprint density at radius 2 is 0.764 bits per heavy atom. The first-order valence-electron chi connectivity index (χ1n) is 17.9. The van der Waals surface area contributed by atoms with E-state index in [9.17, 15) is 19.5 Å². The van der Waals surface area contributed by atoms with Crippen molar-refractivity contribution in [3.63, 3.8) is 0 Å². The van der Waals surface area contributed by atoms with Gasteiger partial charge >= 0.3 is 17.9 Å². The minimum atomic E-state index is -1.83. The molecule has 6 aromatic rings. The van der Waals surface area contributed by atoms with E-state index in [-0.39, 0.29) is 23.3 Å². The van der Waals surface area contributed by atoms with Gasteiger partial charge in [0.2, 0.25) is 0 Å². The molecule has 1 saturated heterocycles. The highest BCUT2D eigenvalue weighted by Gasteiger charge is 2.53. The summed E-state index contributed by atoms with van der Waals surface area (Å²) in [7, 11) is 0. The zero-order valence-corrected chi connectivity index (χ0v) is 29.6. The van der Waals surface area contributed by atoms with Gasteiger partial charge in [-0.25, -0.2) is 14.4 Å². The third kappa shape index (κ3) is 8.24. The summed E-state index contributed by atoms with van der Waals surface area (Å²) in [4.78, 5) is 41.0. The van der Waals surface area contributed by atoms with Crippen molar-refractivity contribution < 1.29 is 43.2 Å². The maximum Gasteiger partial charge on any atom is 0.338 e. The zero-order valence-electron chi connectivity index (χ0n) is 29.6. The zero-order chi connectivity index (χ0) is 38.0. The predicted octanol–water partition coefficient (Wildman–Crippen LogP) is 7.39. The summed E-state index contributed by atoms with van der Waals surface area (Å²) in [6.45, 7) is -0.290. The standard InChI is InChI=1S/C46H38O9/c47-42(32-19-7-1-8-20-32)53-39-38(31-51-46(35-25-13-4-14-26-35,36-27-15-5-16-28-36)37-29-17-6-18-30-37)52-45(50)41(55-44(49)34-23-11-3-12-24-34)40(39)54-43(48)33-21-9-2-10-22-33/h1-30,38-41,45,50H,31H2/t38-,39+,40+,41-,45-/m0/s1. The van der Waals surface area contributed by atoms with Crippen molar-refractivity contribution in [1.82, 2.24) is 0 Å². The summed E-state index contributed by atoms with van der Waals surface area (Å²) in [5, 5.41) is 11.7. The van der Waals surface area contributed by atoms with Crippen LogP contribution in [0.15, 0.2) is 182 Å². The number of rotatable bonds is 12. The molecule has 0 spiro atoms. The van der Waals surface area contributed by atoms with Gasteiger partial charge in [0.25, 0.3) is 0 Å². The Morgan fingerprint density at radius 1 is 0.455 bits per heavy atom. The molecule has 1 aliphatic heterocycles. The molecule has 55 heavy (non-hydrogen) atoms. The first kappa shape index (κ1) is 36.9. The summed E-state index contributed by atoms with van der Waals surface area (Å²) in [5.74, 6) is -2.37. The maximum atomic E-state index is 13.8. The lowest BCUT2D eigenvalue weighted by Crippen LogP contribution is -2.62. The summed E-state index contributed by atoms with van der Waals surface area (Å²) >= 11 is 0. The molecule has 5 atom stereocenters. The van der Waals surface area contributed by atoms with E-state index >= 15 is 0 Å². The Bertz CT molecular complexity index is 2050. The van der Waals surface area contributed by atoms with Crippen LogP contribution in [0.3, 0.4) is 0 Å². The number of hydrogen-bond donors (Lipinski definition) is 1. The van der Waals surface area contributed by atoms with Crippen LogP contribution in [0.2, 0.25) is 0 Å². The minimum Gasteiger partial charge on any atom is -0.452 e. The third-order valence-electron chi connectivity index (χ3n) is 9.37. The van der Waals surface area contributed by atoms with Gasteiger partial charge in [-0.3, -0.25) is 0 Å². The van der Waals surface area contributed by atoms with Crippen LogP contribution in [0, 0.1) is 0 Å². The smallest absolute Gasteiger partial charge is 0.338 e. The molecule has 0 unspecified atom stereocenters. The van der Waals surface area contributed by atoms with Crippen LogP contribution in [0.25, 0.3) is 0 Å². The van der Waals surface area contributed by atoms with Crippen LogP contribution < -0.4 is 0 Å². The van der Waals surface area contributed by atoms with Crippen molar-refractivity contribution in [1.29, 1.82) is 0 Å². The lowest BCUT2D eigenvalue weighted by Gasteiger charge is -2.44. The van der Waals surface area contributed by atoms with E-state index in [4.69, 9.17) is 23.7 Å². The molecule has 0 amide bonds. The lowest BCUT2D eigenvalue weighted by molar-refractivity contribution is -0.289. The fraction of sp³-hybridized carbons (Fsp3) is 0.152. The molecule has 0 bridgehead atoms. The fourth-order valence-corrected chi connectivity index (χ4v) is 6.70. The molecule has 1 fully saturated rings. The summed E-state index contributed by atoms with van der Waals surface area (Å²) in [6.07, 6.45) is -7.70. The van der Waals surface area contributed by atoms with Gasteiger partial charge in [-0.2, -0.15) is 0 Å².